The molecule has 9 nitrogen and oxygen atoms in total. The number of unbranched alkanes of at least 4 members (excludes halogenated alkanes) is 1. The van der Waals surface area contributed by atoms with Crippen molar-refractivity contribution in [3.63, 3.8) is 0 Å². The number of aliphatic carboxylic acids is 1. The van der Waals surface area contributed by atoms with Crippen molar-refractivity contribution in [1.82, 2.24) is 10.2 Å². The highest BCUT2D eigenvalue weighted by Gasteiger charge is 2.49. The fourth-order valence-electron chi connectivity index (χ4n) is 3.76. The van der Waals surface area contributed by atoms with Gasteiger partial charge in [-0.15, -0.1) is 0 Å². The summed E-state index contributed by atoms with van der Waals surface area (Å²) in [5.41, 5.74) is 4.62. The summed E-state index contributed by atoms with van der Waals surface area (Å²) in [7, 11) is 0. The molecule has 0 radical (unpaired) electrons. The Morgan fingerprint density at radius 3 is 2.53 bits per heavy atom. The lowest BCUT2D eigenvalue weighted by atomic mass is 9.82. The predicted octanol–water partition coefficient (Wildman–Crippen LogP) is 1.35. The molecule has 1 unspecified atom stereocenters. The first kappa shape index (κ1) is 23.2. The maximum atomic E-state index is 12.4. The summed E-state index contributed by atoms with van der Waals surface area (Å²) in [6, 6.07) is 6.84. The van der Waals surface area contributed by atoms with Crippen LogP contribution in [-0.4, -0.2) is 58.9 Å². The molecule has 0 saturated carbocycles. The van der Waals surface area contributed by atoms with Crippen LogP contribution in [0.25, 0.3) is 0 Å². The van der Waals surface area contributed by atoms with Gasteiger partial charge in [0.05, 0.1) is 6.61 Å². The minimum absolute atomic E-state index is 0.0161. The average Bonchev–Trinajstić information content (AvgIpc) is 2.68. The van der Waals surface area contributed by atoms with Crippen LogP contribution in [0.1, 0.15) is 45.1 Å². The summed E-state index contributed by atoms with van der Waals surface area (Å²) in [4.78, 5) is 37.8. The number of rotatable bonds is 11. The van der Waals surface area contributed by atoms with Crippen LogP contribution in [0.2, 0.25) is 0 Å². The van der Waals surface area contributed by atoms with E-state index in [-0.39, 0.29) is 37.7 Å². The molecule has 1 aromatic carbocycles. The van der Waals surface area contributed by atoms with Gasteiger partial charge in [0, 0.05) is 18.7 Å². The van der Waals surface area contributed by atoms with Crippen molar-refractivity contribution in [3.05, 3.63) is 29.8 Å². The smallest absolute Gasteiger partial charge is 0.329 e. The molecule has 1 heterocycles. The van der Waals surface area contributed by atoms with E-state index in [4.69, 9.17) is 15.9 Å². The SMILES string of the molecule is CC(C)CC(CCCCOc1ccc(C(=N)N)cc1)(C(=O)O)N1CCNC(=O)C1=O. The standard InChI is InChI=1S/C21H30N4O5/c1-14(2)13-21(20(28)29,25-11-10-24-18(26)19(25)27)9-3-4-12-30-16-7-5-15(6-8-16)17(22)23/h5-8,14H,3-4,9-13H2,1-2H3,(H3,22,23)(H,24,26)(H,28,29). The van der Waals surface area contributed by atoms with Crippen LogP contribution in [-0.2, 0) is 14.4 Å². The molecule has 1 fully saturated rings. The predicted molar refractivity (Wildman–Crippen MR) is 111 cm³/mol. The number of carboxylic acids is 1. The lowest BCUT2D eigenvalue weighted by Gasteiger charge is -2.43. The van der Waals surface area contributed by atoms with E-state index in [1.54, 1.807) is 24.3 Å². The van der Waals surface area contributed by atoms with E-state index in [9.17, 15) is 19.5 Å². The summed E-state index contributed by atoms with van der Waals surface area (Å²) in [6.45, 7) is 4.62. The second kappa shape index (κ2) is 10.1. The lowest BCUT2D eigenvalue weighted by Crippen LogP contribution is -2.65. The van der Waals surface area contributed by atoms with Gasteiger partial charge in [-0.2, -0.15) is 0 Å². The van der Waals surface area contributed by atoms with Crippen molar-refractivity contribution in [2.75, 3.05) is 19.7 Å². The number of hydrogen-bond acceptors (Lipinski definition) is 5. The van der Waals surface area contributed by atoms with Crippen molar-refractivity contribution < 1.29 is 24.2 Å². The van der Waals surface area contributed by atoms with Gasteiger partial charge >= 0.3 is 17.8 Å². The number of piperazine rings is 1. The maximum absolute atomic E-state index is 12.4. The molecule has 1 aromatic rings. The number of ether oxygens (including phenoxy) is 1. The molecule has 0 aliphatic carbocycles. The van der Waals surface area contributed by atoms with Crippen molar-refractivity contribution in [2.24, 2.45) is 11.7 Å². The van der Waals surface area contributed by atoms with Crippen LogP contribution >= 0.6 is 0 Å². The van der Waals surface area contributed by atoms with Crippen LogP contribution in [0.5, 0.6) is 5.75 Å². The van der Waals surface area contributed by atoms with Crippen LogP contribution in [0.3, 0.4) is 0 Å². The summed E-state index contributed by atoms with van der Waals surface area (Å²) >= 11 is 0. The first-order chi connectivity index (χ1) is 14.2. The minimum Gasteiger partial charge on any atom is -0.494 e. The number of benzene rings is 1. The molecule has 164 valence electrons. The van der Waals surface area contributed by atoms with E-state index in [0.717, 1.165) is 0 Å². The molecule has 9 heteroatoms. The van der Waals surface area contributed by atoms with Gasteiger partial charge in [0.1, 0.15) is 17.1 Å². The third-order valence-electron chi connectivity index (χ3n) is 5.14. The van der Waals surface area contributed by atoms with Gasteiger partial charge in [0.15, 0.2) is 0 Å². The van der Waals surface area contributed by atoms with Gasteiger partial charge in [-0.25, -0.2) is 4.79 Å². The summed E-state index contributed by atoms with van der Waals surface area (Å²) in [6.07, 6.45) is 1.63. The maximum Gasteiger partial charge on any atom is 0.329 e. The molecule has 2 amide bonds. The summed E-state index contributed by atoms with van der Waals surface area (Å²) in [5.74, 6) is -1.97. The number of nitrogens with one attached hydrogen (secondary N) is 2. The van der Waals surface area contributed by atoms with Crippen LogP contribution in [0.4, 0.5) is 0 Å². The monoisotopic (exact) mass is 418 g/mol. The molecule has 1 saturated heterocycles. The number of carbonyl (C=O) groups is 3. The van der Waals surface area contributed by atoms with E-state index < -0.39 is 23.3 Å². The Morgan fingerprint density at radius 1 is 1.30 bits per heavy atom. The van der Waals surface area contributed by atoms with Crippen LogP contribution in [0, 0.1) is 11.3 Å². The number of amides is 2. The number of carbonyl (C=O) groups excluding carboxylic acids is 2. The highest BCUT2D eigenvalue weighted by molar-refractivity contribution is 6.36. The zero-order valence-electron chi connectivity index (χ0n) is 17.4. The minimum atomic E-state index is -1.41. The van der Waals surface area contributed by atoms with Gasteiger partial charge in [-0.1, -0.05) is 13.8 Å². The normalized spacial score (nSPS) is 16.2. The van der Waals surface area contributed by atoms with Crippen LogP contribution < -0.4 is 15.8 Å². The van der Waals surface area contributed by atoms with Crippen molar-refractivity contribution in [2.45, 2.75) is 45.1 Å². The van der Waals surface area contributed by atoms with Crippen molar-refractivity contribution in [3.8, 4) is 5.75 Å². The molecule has 5 N–H and O–H groups in total. The Balaban J connectivity index is 2.00. The molecular weight excluding hydrogens is 388 g/mol. The van der Waals surface area contributed by atoms with Gasteiger partial charge < -0.3 is 25.8 Å². The van der Waals surface area contributed by atoms with E-state index >= 15 is 0 Å². The largest absolute Gasteiger partial charge is 0.494 e. The molecular formula is C21H30N4O5. The first-order valence-electron chi connectivity index (χ1n) is 10.1. The van der Waals surface area contributed by atoms with Gasteiger partial charge in [0.2, 0.25) is 0 Å². The van der Waals surface area contributed by atoms with E-state index in [1.165, 1.54) is 4.90 Å². The van der Waals surface area contributed by atoms with Crippen LogP contribution in [0.15, 0.2) is 24.3 Å². The topological polar surface area (TPSA) is 146 Å². The number of nitrogens with zero attached hydrogens (tertiary/aromatic N) is 1. The molecule has 0 bridgehead atoms. The lowest BCUT2D eigenvalue weighted by molar-refractivity contribution is -0.166. The average molecular weight is 418 g/mol. The summed E-state index contributed by atoms with van der Waals surface area (Å²) < 4.78 is 5.68. The van der Waals surface area contributed by atoms with E-state index in [2.05, 4.69) is 5.32 Å². The fraction of sp³-hybridized carbons (Fsp3) is 0.524. The molecule has 2 rings (SSSR count). The Bertz CT molecular complexity index is 793. The zero-order valence-corrected chi connectivity index (χ0v) is 17.4. The molecule has 1 aliphatic rings. The third kappa shape index (κ3) is 5.49. The highest BCUT2D eigenvalue weighted by Crippen LogP contribution is 2.31. The molecule has 1 aliphatic heterocycles. The first-order valence-corrected chi connectivity index (χ1v) is 10.1. The Labute approximate surface area is 176 Å². The Morgan fingerprint density at radius 2 is 1.97 bits per heavy atom. The summed E-state index contributed by atoms with van der Waals surface area (Å²) in [5, 5.41) is 19.9. The zero-order chi connectivity index (χ0) is 22.3. The van der Waals surface area contributed by atoms with Crippen molar-refractivity contribution in [1.29, 1.82) is 5.41 Å². The quantitative estimate of drug-likeness (QED) is 0.185. The van der Waals surface area contributed by atoms with E-state index in [1.807, 2.05) is 13.8 Å². The number of carboxylic acid groups (broad SMARTS) is 1. The van der Waals surface area contributed by atoms with Crippen molar-refractivity contribution >= 4 is 23.6 Å². The highest BCUT2D eigenvalue weighted by atomic mass is 16.5. The van der Waals surface area contributed by atoms with E-state index in [0.29, 0.717) is 30.8 Å². The Hall–Kier alpha value is -3.10. The second-order valence-corrected chi connectivity index (χ2v) is 7.89. The van der Waals surface area contributed by atoms with Gasteiger partial charge in [-0.05, 0) is 55.9 Å². The number of nitrogens with two attached hydrogens (primary N) is 1. The number of amidine groups is 1. The Kier molecular flexibility index (Phi) is 7.79. The molecule has 0 spiro atoms. The fourth-order valence-corrected chi connectivity index (χ4v) is 3.76. The molecule has 0 aromatic heterocycles. The molecule has 1 atom stereocenters. The number of nitrogen functional groups attached to an aromatic ring is 1. The van der Waals surface area contributed by atoms with Gasteiger partial charge in [0.25, 0.3) is 0 Å². The number of hydrogen-bond donors (Lipinski definition) is 4. The second-order valence-electron chi connectivity index (χ2n) is 7.89. The van der Waals surface area contributed by atoms with Gasteiger partial charge in [-0.3, -0.25) is 15.0 Å². The molecule has 30 heavy (non-hydrogen) atoms. The third-order valence-corrected chi connectivity index (χ3v) is 5.14.